The van der Waals surface area contributed by atoms with Gasteiger partial charge in [-0.2, -0.15) is 0 Å². The first kappa shape index (κ1) is 17.1. The number of nitrogens with zero attached hydrogens (tertiary/aromatic N) is 2. The molecule has 2 rings (SSSR count). The first-order chi connectivity index (χ1) is 10.3. The van der Waals surface area contributed by atoms with Gasteiger partial charge < -0.3 is 5.11 Å². The highest BCUT2D eigenvalue weighted by Crippen LogP contribution is 2.22. The van der Waals surface area contributed by atoms with Gasteiger partial charge in [0.05, 0.1) is 21.5 Å². The van der Waals surface area contributed by atoms with Crippen LogP contribution < -0.4 is 0 Å². The molecule has 2 aromatic carbocycles. The fourth-order valence-electron chi connectivity index (χ4n) is 1.34. The van der Waals surface area contributed by atoms with Crippen molar-refractivity contribution < 1.29 is 19.7 Å². The molecule has 114 valence electrons. The lowest BCUT2D eigenvalue weighted by molar-refractivity contribution is -0.394. The van der Waals surface area contributed by atoms with E-state index in [1.807, 2.05) is 30.3 Å². The van der Waals surface area contributed by atoms with Gasteiger partial charge in [-0.05, 0) is 12.1 Å². The Bertz CT molecular complexity index is 626. The number of nitro benzene ring substituents is 2. The van der Waals surface area contributed by atoms with Gasteiger partial charge in [0.2, 0.25) is 0 Å². The van der Waals surface area contributed by atoms with Crippen molar-refractivity contribution >= 4 is 28.9 Å². The van der Waals surface area contributed by atoms with E-state index in [0.29, 0.717) is 6.07 Å². The smallest absolute Gasteiger partial charge is 0.336 e. The van der Waals surface area contributed by atoms with Crippen molar-refractivity contribution in [3.63, 3.8) is 0 Å². The lowest BCUT2D eigenvalue weighted by Crippen LogP contribution is -2.00. The average molecular weight is 325 g/mol. The predicted molar refractivity (Wildman–Crippen MR) is 78.2 cm³/mol. The molecule has 0 saturated carbocycles. The summed E-state index contributed by atoms with van der Waals surface area (Å²) in [6.07, 6.45) is 0. The van der Waals surface area contributed by atoms with E-state index in [-0.39, 0.29) is 0 Å². The van der Waals surface area contributed by atoms with E-state index in [9.17, 15) is 25.0 Å². The number of halogens is 1. The fourth-order valence-corrected chi connectivity index (χ4v) is 1.49. The number of non-ortho nitro benzene ring substituents is 2. The van der Waals surface area contributed by atoms with Gasteiger partial charge in [-0.3, -0.25) is 20.2 Å². The van der Waals surface area contributed by atoms with Gasteiger partial charge >= 0.3 is 5.97 Å². The van der Waals surface area contributed by atoms with E-state index in [4.69, 9.17) is 16.7 Å². The molecule has 0 amide bonds. The Morgan fingerprint density at radius 3 is 1.68 bits per heavy atom. The van der Waals surface area contributed by atoms with E-state index in [1.54, 1.807) is 0 Å². The summed E-state index contributed by atoms with van der Waals surface area (Å²) in [4.78, 5) is 29.4. The lowest BCUT2D eigenvalue weighted by Gasteiger charge is -1.96. The number of carboxylic acid groups (broad SMARTS) is 1. The molecular weight excluding hydrogens is 316 g/mol. The molecule has 1 N–H and O–H groups in total. The molecule has 0 aromatic heterocycles. The van der Waals surface area contributed by atoms with E-state index < -0.39 is 32.8 Å². The predicted octanol–water partition coefficient (Wildman–Crippen LogP) is 3.54. The minimum atomic E-state index is -1.46. The second-order valence-electron chi connectivity index (χ2n) is 3.85. The minimum absolute atomic E-state index is 0.490. The molecule has 0 aliphatic carbocycles. The third-order valence-corrected chi connectivity index (χ3v) is 2.56. The van der Waals surface area contributed by atoms with Crippen LogP contribution in [0.2, 0.25) is 5.02 Å². The number of carbonyl (C=O) groups is 1. The molecule has 0 aliphatic rings. The molecule has 0 radical (unpaired) electrons. The summed E-state index contributed by atoms with van der Waals surface area (Å²) < 4.78 is 0. The van der Waals surface area contributed by atoms with E-state index in [2.05, 4.69) is 0 Å². The number of carboxylic acids is 1. The van der Waals surface area contributed by atoms with Crippen LogP contribution in [0, 0.1) is 20.2 Å². The Labute approximate surface area is 128 Å². The van der Waals surface area contributed by atoms with Crippen LogP contribution in [0.5, 0.6) is 0 Å². The first-order valence-electron chi connectivity index (χ1n) is 5.69. The molecule has 0 aliphatic heterocycles. The zero-order valence-electron chi connectivity index (χ0n) is 10.9. The van der Waals surface area contributed by atoms with E-state index in [1.165, 1.54) is 0 Å². The van der Waals surface area contributed by atoms with E-state index in [0.717, 1.165) is 17.2 Å². The SMILES string of the molecule is Clc1ccccc1.O=C(O)c1cc([N+](=O)[O-])cc([N+](=O)[O-])c1. The first-order valence-corrected chi connectivity index (χ1v) is 6.06. The highest BCUT2D eigenvalue weighted by Gasteiger charge is 2.19. The van der Waals surface area contributed by atoms with Crippen LogP contribution in [0.25, 0.3) is 0 Å². The molecule has 8 nitrogen and oxygen atoms in total. The van der Waals surface area contributed by atoms with Crippen LogP contribution in [0.4, 0.5) is 11.4 Å². The van der Waals surface area contributed by atoms with Gasteiger partial charge in [-0.1, -0.05) is 29.8 Å². The summed E-state index contributed by atoms with van der Waals surface area (Å²) in [6.45, 7) is 0. The number of aromatic carboxylic acids is 1. The Morgan fingerprint density at radius 1 is 0.955 bits per heavy atom. The Balaban J connectivity index is 0.000000287. The number of hydrogen-bond acceptors (Lipinski definition) is 5. The molecule has 0 spiro atoms. The molecule has 0 saturated heterocycles. The number of nitro groups is 2. The van der Waals surface area contributed by atoms with Crippen molar-refractivity contribution in [3.8, 4) is 0 Å². The summed E-state index contributed by atoms with van der Waals surface area (Å²) in [6, 6.07) is 11.7. The number of rotatable bonds is 3. The maximum Gasteiger partial charge on any atom is 0.336 e. The Kier molecular flexibility index (Phi) is 5.96. The highest BCUT2D eigenvalue weighted by atomic mass is 35.5. The van der Waals surface area contributed by atoms with Gasteiger partial charge in [0.1, 0.15) is 0 Å². The quantitative estimate of drug-likeness (QED) is 0.680. The van der Waals surface area contributed by atoms with Crippen LogP contribution in [-0.4, -0.2) is 20.9 Å². The molecule has 22 heavy (non-hydrogen) atoms. The summed E-state index contributed by atoms with van der Waals surface area (Å²) in [5.41, 5.74) is -1.74. The van der Waals surface area contributed by atoms with Crippen molar-refractivity contribution in [3.05, 3.63) is 79.3 Å². The second kappa shape index (κ2) is 7.70. The van der Waals surface area contributed by atoms with Crippen molar-refractivity contribution in [1.82, 2.24) is 0 Å². The van der Waals surface area contributed by atoms with Gasteiger partial charge in [-0.15, -0.1) is 0 Å². The normalized spacial score (nSPS) is 9.32. The summed E-state index contributed by atoms with van der Waals surface area (Å²) in [5.74, 6) is -1.46. The fraction of sp³-hybridized carbons (Fsp3) is 0. The van der Waals surface area contributed by atoms with Crippen LogP contribution in [0.3, 0.4) is 0 Å². The molecule has 0 fully saturated rings. The molecular formula is C13H9ClN2O6. The molecule has 0 bridgehead atoms. The zero-order chi connectivity index (χ0) is 16.7. The van der Waals surface area contributed by atoms with Crippen molar-refractivity contribution in [2.45, 2.75) is 0 Å². The number of benzene rings is 2. The van der Waals surface area contributed by atoms with Gasteiger partial charge in [0.25, 0.3) is 11.4 Å². The summed E-state index contributed by atoms with van der Waals surface area (Å²) in [7, 11) is 0. The third kappa shape index (κ3) is 5.17. The standard InChI is InChI=1S/C7H4N2O6.C6H5Cl/c10-7(11)4-1-5(8(12)13)3-6(2-4)9(14)15;7-6-4-2-1-3-5-6/h1-3H,(H,10,11);1-5H. The van der Waals surface area contributed by atoms with Crippen LogP contribution in [0.1, 0.15) is 10.4 Å². The van der Waals surface area contributed by atoms with Crippen molar-refractivity contribution in [1.29, 1.82) is 0 Å². The van der Waals surface area contributed by atoms with Crippen molar-refractivity contribution in [2.24, 2.45) is 0 Å². The number of hydrogen-bond donors (Lipinski definition) is 1. The molecule has 0 heterocycles. The third-order valence-electron chi connectivity index (χ3n) is 2.30. The molecule has 2 aromatic rings. The van der Waals surface area contributed by atoms with Crippen LogP contribution in [0.15, 0.2) is 48.5 Å². The van der Waals surface area contributed by atoms with Crippen molar-refractivity contribution in [2.75, 3.05) is 0 Å². The van der Waals surface area contributed by atoms with E-state index >= 15 is 0 Å². The molecule has 0 unspecified atom stereocenters. The average Bonchev–Trinajstić information content (AvgIpc) is 2.48. The Hall–Kier alpha value is -3.00. The maximum atomic E-state index is 10.5. The second-order valence-corrected chi connectivity index (χ2v) is 4.29. The summed E-state index contributed by atoms with van der Waals surface area (Å²) in [5, 5.41) is 30.0. The monoisotopic (exact) mass is 324 g/mol. The van der Waals surface area contributed by atoms with Gasteiger partial charge in [0.15, 0.2) is 0 Å². The Morgan fingerprint density at radius 2 is 1.41 bits per heavy atom. The largest absolute Gasteiger partial charge is 0.478 e. The molecule has 9 heteroatoms. The van der Waals surface area contributed by atoms with Gasteiger partial charge in [0, 0.05) is 17.2 Å². The lowest BCUT2D eigenvalue weighted by atomic mass is 10.2. The zero-order valence-corrected chi connectivity index (χ0v) is 11.6. The topological polar surface area (TPSA) is 124 Å². The van der Waals surface area contributed by atoms with Gasteiger partial charge in [-0.25, -0.2) is 4.79 Å². The molecule has 0 atom stereocenters. The summed E-state index contributed by atoms with van der Waals surface area (Å²) >= 11 is 5.54. The highest BCUT2D eigenvalue weighted by molar-refractivity contribution is 6.30. The minimum Gasteiger partial charge on any atom is -0.478 e. The van der Waals surface area contributed by atoms with Crippen LogP contribution >= 0.6 is 11.6 Å². The maximum absolute atomic E-state index is 10.5. The van der Waals surface area contributed by atoms with Crippen LogP contribution in [-0.2, 0) is 0 Å².